The molecular weight excluding hydrogens is 337 g/mol. The van der Waals surface area contributed by atoms with Gasteiger partial charge in [0.05, 0.1) is 22.6 Å². The molecule has 0 spiro atoms. The van der Waals surface area contributed by atoms with E-state index in [1.54, 1.807) is 13.8 Å². The minimum Gasteiger partial charge on any atom is -0.351 e. The van der Waals surface area contributed by atoms with Gasteiger partial charge in [0.2, 0.25) is 5.76 Å². The second-order valence-corrected chi connectivity index (χ2v) is 5.38. The number of para-hydroxylation sites is 1. The van der Waals surface area contributed by atoms with Crippen LogP contribution in [0.2, 0.25) is 0 Å². The zero-order valence-electron chi connectivity index (χ0n) is 13.3. The Morgan fingerprint density at radius 1 is 1.16 bits per heavy atom. The molecule has 0 fully saturated rings. The van der Waals surface area contributed by atoms with Crippen LogP contribution < -0.4 is 5.32 Å². The van der Waals surface area contributed by atoms with Crippen LogP contribution in [0.15, 0.2) is 40.9 Å². The number of carbonyl (C=O) groups is 1. The number of aryl methyl sites for hydroxylation is 2. The molecule has 2 heterocycles. The molecule has 0 aliphatic carbocycles. The van der Waals surface area contributed by atoms with Crippen LogP contribution in [-0.4, -0.2) is 20.8 Å². The summed E-state index contributed by atoms with van der Waals surface area (Å²) in [4.78, 5) is 12.2. The van der Waals surface area contributed by atoms with E-state index in [0.29, 0.717) is 11.4 Å². The van der Waals surface area contributed by atoms with E-state index in [-0.39, 0.29) is 17.3 Å². The van der Waals surface area contributed by atoms with Crippen molar-refractivity contribution in [3.8, 4) is 5.69 Å². The molecule has 25 heavy (non-hydrogen) atoms. The molecule has 2 aromatic heterocycles. The number of aromatic nitrogens is 3. The molecule has 0 saturated carbocycles. The zero-order chi connectivity index (χ0) is 18.2. The molecule has 0 saturated heterocycles. The SMILES string of the molecule is Cc1cc(C(=O)Nc2cc(C)nn2-c2ccccc2C(F)(F)F)on1. The lowest BCUT2D eigenvalue weighted by atomic mass is 10.1. The molecule has 6 nitrogen and oxygen atoms in total. The van der Waals surface area contributed by atoms with Gasteiger partial charge >= 0.3 is 6.18 Å². The van der Waals surface area contributed by atoms with E-state index in [9.17, 15) is 18.0 Å². The Labute approximate surface area is 140 Å². The zero-order valence-corrected chi connectivity index (χ0v) is 13.3. The van der Waals surface area contributed by atoms with Crippen molar-refractivity contribution in [3.63, 3.8) is 0 Å². The topological polar surface area (TPSA) is 73.0 Å². The van der Waals surface area contributed by atoms with Gasteiger partial charge in [-0.2, -0.15) is 18.3 Å². The Bertz CT molecular complexity index is 928. The molecule has 0 aliphatic heterocycles. The molecule has 1 N–H and O–H groups in total. The molecule has 1 amide bonds. The summed E-state index contributed by atoms with van der Waals surface area (Å²) in [6.45, 7) is 3.26. The third-order valence-electron chi connectivity index (χ3n) is 3.36. The molecule has 0 radical (unpaired) electrons. The van der Waals surface area contributed by atoms with Crippen LogP contribution in [0, 0.1) is 13.8 Å². The first kappa shape index (κ1) is 16.7. The van der Waals surface area contributed by atoms with Crippen LogP contribution in [0.4, 0.5) is 19.0 Å². The minimum atomic E-state index is -4.56. The van der Waals surface area contributed by atoms with Crippen molar-refractivity contribution in [3.05, 3.63) is 59.1 Å². The Hall–Kier alpha value is -3.10. The van der Waals surface area contributed by atoms with Crippen molar-refractivity contribution < 1.29 is 22.5 Å². The fraction of sp³-hybridized carbons (Fsp3) is 0.188. The summed E-state index contributed by atoms with van der Waals surface area (Å²) in [5.41, 5.74) is -0.0884. The number of amides is 1. The average Bonchev–Trinajstić information content (AvgIpc) is 3.12. The Balaban J connectivity index is 2.02. The van der Waals surface area contributed by atoms with Crippen LogP contribution in [0.25, 0.3) is 5.69 Å². The Morgan fingerprint density at radius 2 is 1.88 bits per heavy atom. The second-order valence-electron chi connectivity index (χ2n) is 5.38. The molecule has 3 rings (SSSR count). The van der Waals surface area contributed by atoms with E-state index in [2.05, 4.69) is 15.6 Å². The minimum absolute atomic E-state index is 0.0491. The predicted octanol–water partition coefficient (Wildman–Crippen LogP) is 3.75. The Morgan fingerprint density at radius 3 is 2.52 bits per heavy atom. The molecular formula is C16H13F3N4O2. The standard InChI is InChI=1S/C16H13F3N4O2/c1-9-8-14(20-15(24)13-7-10(2)22-25-13)23(21-9)12-6-4-3-5-11(12)16(17,18)19/h3-8H,1-2H3,(H,20,24). The highest BCUT2D eigenvalue weighted by molar-refractivity contribution is 6.01. The van der Waals surface area contributed by atoms with Crippen molar-refractivity contribution in [2.75, 3.05) is 5.32 Å². The van der Waals surface area contributed by atoms with E-state index < -0.39 is 17.6 Å². The van der Waals surface area contributed by atoms with Gasteiger partial charge in [0.25, 0.3) is 5.91 Å². The van der Waals surface area contributed by atoms with Gasteiger partial charge in [-0.25, -0.2) is 4.68 Å². The van der Waals surface area contributed by atoms with Gasteiger partial charge in [0, 0.05) is 12.1 Å². The van der Waals surface area contributed by atoms with Gasteiger partial charge in [0.1, 0.15) is 5.82 Å². The van der Waals surface area contributed by atoms with Crippen LogP contribution in [0.3, 0.4) is 0 Å². The Kier molecular flexibility index (Phi) is 4.07. The lowest BCUT2D eigenvalue weighted by molar-refractivity contribution is -0.137. The van der Waals surface area contributed by atoms with E-state index in [4.69, 9.17) is 4.52 Å². The number of nitrogens with zero attached hydrogens (tertiary/aromatic N) is 3. The highest BCUT2D eigenvalue weighted by Gasteiger charge is 2.34. The van der Waals surface area contributed by atoms with Crippen molar-refractivity contribution in [1.29, 1.82) is 0 Å². The molecule has 130 valence electrons. The fourth-order valence-corrected chi connectivity index (χ4v) is 2.32. The maximum atomic E-state index is 13.3. The number of hydrogen-bond acceptors (Lipinski definition) is 4. The predicted molar refractivity (Wildman–Crippen MR) is 82.5 cm³/mol. The molecule has 3 aromatic rings. The number of carbonyl (C=O) groups excluding carboxylic acids is 1. The maximum absolute atomic E-state index is 13.3. The second kappa shape index (κ2) is 6.08. The average molecular weight is 350 g/mol. The van der Waals surface area contributed by atoms with E-state index in [1.165, 1.54) is 30.3 Å². The van der Waals surface area contributed by atoms with Gasteiger partial charge in [-0.3, -0.25) is 4.79 Å². The summed E-state index contributed by atoms with van der Waals surface area (Å²) in [6.07, 6.45) is -4.56. The lowest BCUT2D eigenvalue weighted by Gasteiger charge is -2.14. The van der Waals surface area contributed by atoms with Gasteiger partial charge in [0.15, 0.2) is 0 Å². The summed E-state index contributed by atoms with van der Waals surface area (Å²) in [5, 5.41) is 10.2. The summed E-state index contributed by atoms with van der Waals surface area (Å²) in [6, 6.07) is 7.88. The molecule has 0 bridgehead atoms. The molecule has 0 atom stereocenters. The number of anilines is 1. The monoisotopic (exact) mass is 350 g/mol. The first-order valence-corrected chi connectivity index (χ1v) is 7.23. The van der Waals surface area contributed by atoms with Crippen LogP contribution >= 0.6 is 0 Å². The normalized spacial score (nSPS) is 11.6. The van der Waals surface area contributed by atoms with Gasteiger partial charge in [-0.1, -0.05) is 17.3 Å². The fourth-order valence-electron chi connectivity index (χ4n) is 2.32. The molecule has 1 aromatic carbocycles. The third-order valence-corrected chi connectivity index (χ3v) is 3.36. The number of alkyl halides is 3. The molecule has 0 aliphatic rings. The first-order chi connectivity index (χ1) is 11.8. The summed E-state index contributed by atoms with van der Waals surface area (Å²) < 4.78 is 45.7. The van der Waals surface area contributed by atoms with Gasteiger partial charge in [-0.05, 0) is 26.0 Å². The first-order valence-electron chi connectivity index (χ1n) is 7.23. The van der Waals surface area contributed by atoms with E-state index >= 15 is 0 Å². The van der Waals surface area contributed by atoms with E-state index in [0.717, 1.165) is 10.7 Å². The number of nitrogens with one attached hydrogen (secondary N) is 1. The quantitative estimate of drug-likeness (QED) is 0.781. The van der Waals surface area contributed by atoms with Crippen molar-refractivity contribution in [1.82, 2.24) is 14.9 Å². The van der Waals surface area contributed by atoms with Crippen LogP contribution in [0.5, 0.6) is 0 Å². The molecule has 9 heteroatoms. The van der Waals surface area contributed by atoms with Crippen molar-refractivity contribution >= 4 is 11.7 Å². The van der Waals surface area contributed by atoms with Crippen molar-refractivity contribution in [2.45, 2.75) is 20.0 Å². The third kappa shape index (κ3) is 3.39. The number of benzene rings is 1. The highest BCUT2D eigenvalue weighted by atomic mass is 19.4. The van der Waals surface area contributed by atoms with E-state index in [1.807, 2.05) is 0 Å². The van der Waals surface area contributed by atoms with Crippen LogP contribution in [0.1, 0.15) is 27.5 Å². The molecule has 0 unspecified atom stereocenters. The van der Waals surface area contributed by atoms with Crippen LogP contribution in [-0.2, 0) is 6.18 Å². The highest BCUT2D eigenvalue weighted by Crippen LogP contribution is 2.34. The number of hydrogen-bond donors (Lipinski definition) is 1. The number of rotatable bonds is 3. The largest absolute Gasteiger partial charge is 0.418 e. The summed E-state index contributed by atoms with van der Waals surface area (Å²) >= 11 is 0. The maximum Gasteiger partial charge on any atom is 0.418 e. The van der Waals surface area contributed by atoms with Crippen molar-refractivity contribution in [2.24, 2.45) is 0 Å². The summed E-state index contributed by atoms with van der Waals surface area (Å²) in [5.74, 6) is -0.591. The van der Waals surface area contributed by atoms with Gasteiger partial charge in [-0.15, -0.1) is 0 Å². The number of halogens is 3. The lowest BCUT2D eigenvalue weighted by Crippen LogP contribution is -2.17. The summed E-state index contributed by atoms with van der Waals surface area (Å²) in [7, 11) is 0. The van der Waals surface area contributed by atoms with Gasteiger partial charge < -0.3 is 9.84 Å². The smallest absolute Gasteiger partial charge is 0.351 e.